The fourth-order valence-electron chi connectivity index (χ4n) is 3.37. The van der Waals surface area contributed by atoms with Gasteiger partial charge in [-0.25, -0.2) is 0 Å². The van der Waals surface area contributed by atoms with E-state index in [9.17, 15) is 9.90 Å². The number of aliphatic hydroxyl groups is 1. The van der Waals surface area contributed by atoms with E-state index < -0.39 is 0 Å². The maximum atomic E-state index is 12.4. The zero-order valence-corrected chi connectivity index (χ0v) is 14.0. The molecular formula is C18H26N2O4. The SMILES string of the molecule is O=C(CN1CCCCC1CCO)Nc1ccc2c(c1)OCCCO2. The molecule has 2 heterocycles. The molecule has 1 aromatic carbocycles. The number of amides is 1. The van der Waals surface area contributed by atoms with Gasteiger partial charge in [0.05, 0.1) is 19.8 Å². The van der Waals surface area contributed by atoms with Gasteiger partial charge in [0.1, 0.15) is 0 Å². The highest BCUT2D eigenvalue weighted by Gasteiger charge is 2.24. The summed E-state index contributed by atoms with van der Waals surface area (Å²) in [5, 5.41) is 12.1. The van der Waals surface area contributed by atoms with Crippen molar-refractivity contribution in [1.82, 2.24) is 4.90 Å². The third kappa shape index (κ3) is 4.39. The van der Waals surface area contributed by atoms with Gasteiger partial charge in [0, 0.05) is 30.8 Å². The average Bonchev–Trinajstić information content (AvgIpc) is 2.82. The topological polar surface area (TPSA) is 71.0 Å². The Labute approximate surface area is 142 Å². The predicted octanol–water partition coefficient (Wildman–Crippen LogP) is 2.02. The van der Waals surface area contributed by atoms with E-state index in [0.717, 1.165) is 43.7 Å². The smallest absolute Gasteiger partial charge is 0.238 e. The summed E-state index contributed by atoms with van der Waals surface area (Å²) >= 11 is 0. The lowest BCUT2D eigenvalue weighted by Crippen LogP contribution is -2.44. The van der Waals surface area contributed by atoms with Crippen LogP contribution in [0.5, 0.6) is 11.5 Å². The van der Waals surface area contributed by atoms with E-state index in [2.05, 4.69) is 10.2 Å². The fourth-order valence-corrected chi connectivity index (χ4v) is 3.37. The molecule has 6 heteroatoms. The number of nitrogens with zero attached hydrogens (tertiary/aromatic N) is 1. The van der Waals surface area contributed by atoms with Crippen LogP contribution in [0.1, 0.15) is 32.1 Å². The standard InChI is InChI=1S/C18H26N2O4/c21-9-7-15-4-1-2-8-20(15)13-18(22)19-14-5-6-16-17(12-14)24-11-3-10-23-16/h5-6,12,15,21H,1-4,7-11,13H2,(H,19,22). The zero-order valence-electron chi connectivity index (χ0n) is 14.0. The Balaban J connectivity index is 1.59. The van der Waals surface area contributed by atoms with Gasteiger partial charge in [-0.3, -0.25) is 9.69 Å². The van der Waals surface area contributed by atoms with E-state index in [0.29, 0.717) is 31.5 Å². The molecule has 2 aliphatic rings. The van der Waals surface area contributed by atoms with Crippen LogP contribution >= 0.6 is 0 Å². The second-order valence-corrected chi connectivity index (χ2v) is 6.39. The normalized spacial score (nSPS) is 21.1. The number of hydrogen-bond donors (Lipinski definition) is 2. The molecule has 1 amide bonds. The number of benzene rings is 1. The predicted molar refractivity (Wildman–Crippen MR) is 91.6 cm³/mol. The average molecular weight is 334 g/mol. The van der Waals surface area contributed by atoms with Gasteiger partial charge in [-0.1, -0.05) is 6.42 Å². The van der Waals surface area contributed by atoms with Crippen LogP contribution in [0.15, 0.2) is 18.2 Å². The number of rotatable bonds is 5. The van der Waals surface area contributed by atoms with Gasteiger partial charge in [0.2, 0.25) is 5.91 Å². The number of carbonyl (C=O) groups is 1. The first-order valence-electron chi connectivity index (χ1n) is 8.80. The third-order valence-electron chi connectivity index (χ3n) is 4.59. The molecule has 24 heavy (non-hydrogen) atoms. The number of carbonyl (C=O) groups excluding carboxylic acids is 1. The first-order chi connectivity index (χ1) is 11.8. The first-order valence-corrected chi connectivity index (χ1v) is 8.80. The van der Waals surface area contributed by atoms with Gasteiger partial charge >= 0.3 is 0 Å². The van der Waals surface area contributed by atoms with E-state index >= 15 is 0 Å². The van der Waals surface area contributed by atoms with Crippen LogP contribution in [-0.4, -0.2) is 54.9 Å². The molecular weight excluding hydrogens is 308 g/mol. The van der Waals surface area contributed by atoms with Crippen LogP contribution in [0.25, 0.3) is 0 Å². The van der Waals surface area contributed by atoms with Crippen molar-refractivity contribution < 1.29 is 19.4 Å². The Bertz CT molecular complexity index is 562. The summed E-state index contributed by atoms with van der Waals surface area (Å²) in [6.45, 7) is 2.73. The Morgan fingerprint density at radius 2 is 2.04 bits per heavy atom. The summed E-state index contributed by atoms with van der Waals surface area (Å²) in [5.41, 5.74) is 0.722. The summed E-state index contributed by atoms with van der Waals surface area (Å²) in [5.74, 6) is 1.38. The van der Waals surface area contributed by atoms with Gasteiger partial charge in [-0.2, -0.15) is 0 Å². The zero-order chi connectivity index (χ0) is 16.8. The van der Waals surface area contributed by atoms with Crippen molar-refractivity contribution >= 4 is 11.6 Å². The maximum absolute atomic E-state index is 12.4. The minimum absolute atomic E-state index is 0.0330. The molecule has 0 aromatic heterocycles. The monoisotopic (exact) mass is 334 g/mol. The van der Waals surface area contributed by atoms with E-state index in [1.807, 2.05) is 18.2 Å². The number of hydrogen-bond acceptors (Lipinski definition) is 5. The fraction of sp³-hybridized carbons (Fsp3) is 0.611. The molecule has 0 radical (unpaired) electrons. The van der Waals surface area contributed by atoms with Gasteiger partial charge < -0.3 is 19.9 Å². The van der Waals surface area contributed by atoms with Crippen LogP contribution in [0.2, 0.25) is 0 Å². The lowest BCUT2D eigenvalue weighted by atomic mass is 10.00. The quantitative estimate of drug-likeness (QED) is 0.862. The minimum atomic E-state index is -0.0330. The summed E-state index contributed by atoms with van der Waals surface area (Å²) < 4.78 is 11.3. The van der Waals surface area contributed by atoms with Crippen molar-refractivity contribution in [3.8, 4) is 11.5 Å². The van der Waals surface area contributed by atoms with Gasteiger partial charge in [-0.15, -0.1) is 0 Å². The molecule has 0 spiro atoms. The molecule has 0 bridgehead atoms. The number of piperidine rings is 1. The molecule has 1 atom stereocenters. The van der Waals surface area contributed by atoms with Crippen molar-refractivity contribution in [2.45, 2.75) is 38.1 Å². The number of likely N-dealkylation sites (tertiary alicyclic amines) is 1. The van der Waals surface area contributed by atoms with Crippen molar-refractivity contribution in [3.05, 3.63) is 18.2 Å². The third-order valence-corrected chi connectivity index (χ3v) is 4.59. The number of anilines is 1. The van der Waals surface area contributed by atoms with E-state index in [1.54, 1.807) is 0 Å². The second-order valence-electron chi connectivity index (χ2n) is 6.39. The Morgan fingerprint density at radius 3 is 2.88 bits per heavy atom. The minimum Gasteiger partial charge on any atom is -0.490 e. The van der Waals surface area contributed by atoms with E-state index in [1.165, 1.54) is 6.42 Å². The van der Waals surface area contributed by atoms with Gasteiger partial charge in [0.15, 0.2) is 11.5 Å². The molecule has 0 aliphatic carbocycles. The Hall–Kier alpha value is -1.79. The van der Waals surface area contributed by atoms with Crippen LogP contribution in [0.4, 0.5) is 5.69 Å². The van der Waals surface area contributed by atoms with Crippen LogP contribution < -0.4 is 14.8 Å². The molecule has 1 fully saturated rings. The molecule has 6 nitrogen and oxygen atoms in total. The molecule has 1 aromatic rings. The number of aliphatic hydroxyl groups excluding tert-OH is 1. The van der Waals surface area contributed by atoms with Gasteiger partial charge in [0.25, 0.3) is 0 Å². The highest BCUT2D eigenvalue weighted by atomic mass is 16.5. The highest BCUT2D eigenvalue weighted by Crippen LogP contribution is 2.32. The summed E-state index contributed by atoms with van der Waals surface area (Å²) in [6, 6.07) is 5.80. The molecule has 2 N–H and O–H groups in total. The molecule has 1 saturated heterocycles. The van der Waals surface area contributed by atoms with Crippen LogP contribution in [0.3, 0.4) is 0 Å². The molecule has 2 aliphatic heterocycles. The van der Waals surface area contributed by atoms with Crippen molar-refractivity contribution in [2.24, 2.45) is 0 Å². The lowest BCUT2D eigenvalue weighted by Gasteiger charge is -2.34. The van der Waals surface area contributed by atoms with Crippen molar-refractivity contribution in [2.75, 3.05) is 38.2 Å². The summed E-state index contributed by atoms with van der Waals surface area (Å²) in [4.78, 5) is 14.6. The Morgan fingerprint density at radius 1 is 1.21 bits per heavy atom. The second kappa shape index (κ2) is 8.35. The van der Waals surface area contributed by atoms with E-state index in [-0.39, 0.29) is 12.5 Å². The largest absolute Gasteiger partial charge is 0.490 e. The summed E-state index contributed by atoms with van der Waals surface area (Å²) in [6.07, 6.45) is 4.93. The van der Waals surface area contributed by atoms with Crippen molar-refractivity contribution in [1.29, 1.82) is 0 Å². The number of fused-ring (bicyclic) bond motifs is 1. The van der Waals surface area contributed by atoms with Gasteiger partial charge in [-0.05, 0) is 37.9 Å². The van der Waals surface area contributed by atoms with Crippen LogP contribution in [-0.2, 0) is 4.79 Å². The van der Waals surface area contributed by atoms with Crippen LogP contribution in [0, 0.1) is 0 Å². The molecule has 0 saturated carbocycles. The molecule has 1 unspecified atom stereocenters. The summed E-state index contributed by atoms with van der Waals surface area (Å²) in [7, 11) is 0. The molecule has 3 rings (SSSR count). The maximum Gasteiger partial charge on any atom is 0.238 e. The Kier molecular flexibility index (Phi) is 5.93. The molecule has 132 valence electrons. The lowest BCUT2D eigenvalue weighted by molar-refractivity contribution is -0.118. The van der Waals surface area contributed by atoms with E-state index in [4.69, 9.17) is 9.47 Å². The van der Waals surface area contributed by atoms with Crippen molar-refractivity contribution in [3.63, 3.8) is 0 Å². The highest BCUT2D eigenvalue weighted by molar-refractivity contribution is 5.92. The number of nitrogens with one attached hydrogen (secondary N) is 1. The number of ether oxygens (including phenoxy) is 2. The first kappa shape index (κ1) is 17.0.